The largest absolute Gasteiger partial charge is 0.481 e. The predicted molar refractivity (Wildman–Crippen MR) is 84.8 cm³/mol. The predicted octanol–water partition coefficient (Wildman–Crippen LogP) is 5.06. The monoisotopic (exact) mass is 352 g/mol. The van der Waals surface area contributed by atoms with Gasteiger partial charge in [0.15, 0.2) is 6.10 Å². The van der Waals surface area contributed by atoms with E-state index in [2.05, 4.69) is 15.9 Å². The van der Waals surface area contributed by atoms with Gasteiger partial charge < -0.3 is 4.74 Å². The molecule has 0 fully saturated rings. The van der Waals surface area contributed by atoms with Gasteiger partial charge in [0.25, 0.3) is 0 Å². The summed E-state index contributed by atoms with van der Waals surface area (Å²) in [4.78, 5) is 12.3. The van der Waals surface area contributed by atoms with Crippen LogP contribution in [0.15, 0.2) is 46.9 Å². The zero-order valence-corrected chi connectivity index (χ0v) is 13.5. The lowest BCUT2D eigenvalue weighted by Crippen LogP contribution is -2.24. The minimum absolute atomic E-state index is 0.0658. The topological polar surface area (TPSA) is 26.3 Å². The fourth-order valence-corrected chi connectivity index (χ4v) is 2.49. The molecule has 104 valence electrons. The van der Waals surface area contributed by atoms with Crippen molar-refractivity contribution in [3.8, 4) is 5.75 Å². The minimum atomic E-state index is -0.587. The Morgan fingerprint density at radius 2 is 1.85 bits per heavy atom. The fraction of sp³-hybridized carbons (Fsp3) is 0.188. The second-order valence-corrected chi connectivity index (χ2v) is 5.89. The number of Topliss-reactive ketones (excluding diaryl/α,β-unsaturated/α-hetero) is 1. The summed E-state index contributed by atoms with van der Waals surface area (Å²) in [5.41, 5.74) is 1.75. The molecule has 0 aliphatic rings. The molecule has 0 aromatic heterocycles. The first-order chi connectivity index (χ1) is 9.47. The van der Waals surface area contributed by atoms with Crippen molar-refractivity contribution < 1.29 is 9.53 Å². The minimum Gasteiger partial charge on any atom is -0.481 e. The molecule has 0 N–H and O–H groups in total. The molecule has 0 radical (unpaired) electrons. The molecule has 20 heavy (non-hydrogen) atoms. The number of carbonyl (C=O) groups excluding carboxylic acids is 1. The van der Waals surface area contributed by atoms with Crippen LogP contribution in [0.1, 0.15) is 22.8 Å². The van der Waals surface area contributed by atoms with Crippen molar-refractivity contribution >= 4 is 33.3 Å². The summed E-state index contributed by atoms with van der Waals surface area (Å²) in [5.74, 6) is 0.437. The zero-order valence-electron chi connectivity index (χ0n) is 11.2. The van der Waals surface area contributed by atoms with Gasteiger partial charge in [-0.1, -0.05) is 57.4 Å². The molecule has 1 unspecified atom stereocenters. The van der Waals surface area contributed by atoms with Gasteiger partial charge in [-0.2, -0.15) is 0 Å². The van der Waals surface area contributed by atoms with Crippen LogP contribution in [0.3, 0.4) is 0 Å². The summed E-state index contributed by atoms with van der Waals surface area (Å²) in [6, 6.07) is 12.7. The molecule has 0 saturated carbocycles. The Kier molecular flexibility index (Phi) is 4.84. The van der Waals surface area contributed by atoms with Crippen LogP contribution in [0.2, 0.25) is 5.02 Å². The van der Waals surface area contributed by atoms with Gasteiger partial charge in [-0.3, -0.25) is 4.79 Å². The summed E-state index contributed by atoms with van der Waals surface area (Å²) >= 11 is 9.41. The van der Waals surface area contributed by atoms with Gasteiger partial charge in [0, 0.05) is 10.0 Å². The van der Waals surface area contributed by atoms with Crippen molar-refractivity contribution in [2.24, 2.45) is 0 Å². The van der Waals surface area contributed by atoms with Gasteiger partial charge >= 0.3 is 0 Å². The van der Waals surface area contributed by atoms with E-state index >= 15 is 0 Å². The number of hydrogen-bond acceptors (Lipinski definition) is 2. The van der Waals surface area contributed by atoms with Crippen molar-refractivity contribution in [2.75, 3.05) is 0 Å². The van der Waals surface area contributed by atoms with Crippen molar-refractivity contribution in [1.29, 1.82) is 0 Å². The number of benzene rings is 2. The summed E-state index contributed by atoms with van der Waals surface area (Å²) in [5, 5.41) is 0.475. The summed E-state index contributed by atoms with van der Waals surface area (Å²) < 4.78 is 6.51. The first-order valence-electron chi connectivity index (χ1n) is 6.20. The molecule has 4 heteroatoms. The molecule has 0 aliphatic carbocycles. The van der Waals surface area contributed by atoms with E-state index in [1.807, 2.05) is 25.1 Å². The summed E-state index contributed by atoms with van der Waals surface area (Å²) in [6.07, 6.45) is -0.587. The second-order valence-electron chi connectivity index (χ2n) is 4.57. The lowest BCUT2D eigenvalue weighted by atomic mass is 10.1. The van der Waals surface area contributed by atoms with Crippen LogP contribution in [-0.4, -0.2) is 11.9 Å². The van der Waals surface area contributed by atoms with E-state index in [0.717, 1.165) is 10.0 Å². The molecule has 0 amide bonds. The third-order valence-corrected chi connectivity index (χ3v) is 3.69. The SMILES string of the molecule is Cc1ccc(C(=O)C(C)Oc2ccc(Br)cc2Cl)cc1. The number of rotatable bonds is 4. The molecule has 0 heterocycles. The van der Waals surface area contributed by atoms with Crippen molar-refractivity contribution in [1.82, 2.24) is 0 Å². The average molecular weight is 354 g/mol. The van der Waals surface area contributed by atoms with Crippen LogP contribution in [0.4, 0.5) is 0 Å². The highest BCUT2D eigenvalue weighted by Crippen LogP contribution is 2.28. The molecule has 1 atom stereocenters. The number of ether oxygens (including phenoxy) is 1. The third-order valence-electron chi connectivity index (χ3n) is 2.90. The Hall–Kier alpha value is -1.32. The van der Waals surface area contributed by atoms with Gasteiger partial charge in [0.2, 0.25) is 5.78 Å². The Morgan fingerprint density at radius 3 is 2.45 bits per heavy atom. The molecule has 2 rings (SSSR count). The van der Waals surface area contributed by atoms with Gasteiger partial charge in [-0.15, -0.1) is 0 Å². The third kappa shape index (κ3) is 3.62. The maximum absolute atomic E-state index is 12.3. The maximum atomic E-state index is 12.3. The van der Waals surface area contributed by atoms with Crippen molar-refractivity contribution in [2.45, 2.75) is 20.0 Å². The van der Waals surface area contributed by atoms with Gasteiger partial charge in [0.05, 0.1) is 5.02 Å². The van der Waals surface area contributed by atoms with Crippen LogP contribution in [0.5, 0.6) is 5.75 Å². The molecule has 2 nitrogen and oxygen atoms in total. The first kappa shape index (κ1) is 15.1. The van der Waals surface area contributed by atoms with E-state index < -0.39 is 6.10 Å². The Labute approximate surface area is 131 Å². The Bertz CT molecular complexity index is 623. The van der Waals surface area contributed by atoms with Crippen LogP contribution in [0, 0.1) is 6.92 Å². The lowest BCUT2D eigenvalue weighted by molar-refractivity contribution is 0.0818. The lowest BCUT2D eigenvalue weighted by Gasteiger charge is -2.15. The quantitative estimate of drug-likeness (QED) is 0.718. The van der Waals surface area contributed by atoms with Crippen molar-refractivity contribution in [3.05, 3.63) is 63.1 Å². The molecular weight excluding hydrogens is 340 g/mol. The Morgan fingerprint density at radius 1 is 1.20 bits per heavy atom. The molecule has 2 aromatic carbocycles. The smallest absolute Gasteiger partial charge is 0.202 e. The number of aryl methyl sites for hydroxylation is 1. The molecule has 0 spiro atoms. The van der Waals surface area contributed by atoms with E-state index in [4.69, 9.17) is 16.3 Å². The zero-order chi connectivity index (χ0) is 14.7. The van der Waals surface area contributed by atoms with E-state index in [0.29, 0.717) is 16.3 Å². The van der Waals surface area contributed by atoms with Gasteiger partial charge in [-0.05, 0) is 32.0 Å². The second kappa shape index (κ2) is 6.42. The molecule has 0 aliphatic heterocycles. The number of ketones is 1. The van der Waals surface area contributed by atoms with Crippen LogP contribution in [-0.2, 0) is 0 Å². The highest BCUT2D eigenvalue weighted by Gasteiger charge is 2.17. The molecule has 0 saturated heterocycles. The number of hydrogen-bond donors (Lipinski definition) is 0. The molecule has 2 aromatic rings. The van der Waals surface area contributed by atoms with E-state index in [1.165, 1.54) is 0 Å². The van der Waals surface area contributed by atoms with Crippen LogP contribution in [0.25, 0.3) is 0 Å². The average Bonchev–Trinajstić information content (AvgIpc) is 2.42. The van der Waals surface area contributed by atoms with E-state index in [-0.39, 0.29) is 5.78 Å². The molecule has 0 bridgehead atoms. The standard InChI is InChI=1S/C16H14BrClO2/c1-10-3-5-12(6-4-10)16(19)11(2)20-15-8-7-13(17)9-14(15)18/h3-9,11H,1-2H3. The van der Waals surface area contributed by atoms with E-state index in [9.17, 15) is 4.79 Å². The van der Waals surface area contributed by atoms with E-state index in [1.54, 1.807) is 31.2 Å². The van der Waals surface area contributed by atoms with Crippen LogP contribution < -0.4 is 4.74 Å². The van der Waals surface area contributed by atoms with Gasteiger partial charge in [0.1, 0.15) is 5.75 Å². The fourth-order valence-electron chi connectivity index (χ4n) is 1.77. The summed E-state index contributed by atoms with van der Waals surface area (Å²) in [7, 11) is 0. The highest BCUT2D eigenvalue weighted by molar-refractivity contribution is 9.10. The Balaban J connectivity index is 2.13. The molecular formula is C16H14BrClO2. The first-order valence-corrected chi connectivity index (χ1v) is 7.37. The highest BCUT2D eigenvalue weighted by atomic mass is 79.9. The number of halogens is 2. The maximum Gasteiger partial charge on any atom is 0.202 e. The van der Waals surface area contributed by atoms with Gasteiger partial charge in [-0.25, -0.2) is 0 Å². The van der Waals surface area contributed by atoms with Crippen molar-refractivity contribution in [3.63, 3.8) is 0 Å². The normalized spacial score (nSPS) is 12.0. The number of carbonyl (C=O) groups is 1. The summed E-state index contributed by atoms with van der Waals surface area (Å²) in [6.45, 7) is 3.70. The van der Waals surface area contributed by atoms with Crippen LogP contribution >= 0.6 is 27.5 Å².